The van der Waals surface area contributed by atoms with Crippen LogP contribution >= 0.6 is 11.3 Å². The van der Waals surface area contributed by atoms with Crippen LogP contribution in [-0.4, -0.2) is 17.5 Å². The zero-order valence-electron chi connectivity index (χ0n) is 9.95. The van der Waals surface area contributed by atoms with E-state index in [-0.39, 0.29) is 5.54 Å². The van der Waals surface area contributed by atoms with Gasteiger partial charge in [0.25, 0.3) is 0 Å². The number of aliphatic imine (C=N–C) groups is 1. The lowest BCUT2D eigenvalue weighted by Crippen LogP contribution is -2.50. The van der Waals surface area contributed by atoms with Crippen molar-refractivity contribution in [2.75, 3.05) is 6.54 Å². The highest BCUT2D eigenvalue weighted by Crippen LogP contribution is 2.21. The smallest absolute Gasteiger partial charge is 0.206 e. The van der Waals surface area contributed by atoms with Gasteiger partial charge in [0.1, 0.15) is 5.01 Å². The Hall–Kier alpha value is -1.14. The van der Waals surface area contributed by atoms with Crippen molar-refractivity contribution in [2.24, 2.45) is 10.8 Å². The van der Waals surface area contributed by atoms with Gasteiger partial charge in [-0.05, 0) is 20.3 Å². The van der Waals surface area contributed by atoms with E-state index in [1.807, 2.05) is 19.2 Å². The highest BCUT2D eigenvalue weighted by atomic mass is 32.1. The van der Waals surface area contributed by atoms with Crippen LogP contribution in [0, 0.1) is 0 Å². The lowest BCUT2D eigenvalue weighted by Gasteiger charge is -2.25. The third-order valence-corrected chi connectivity index (χ3v) is 3.12. The molecule has 1 heterocycles. The normalized spacial score (nSPS) is 12.6. The average molecular weight is 241 g/mol. The second-order valence-electron chi connectivity index (χ2n) is 3.96. The van der Waals surface area contributed by atoms with Crippen LogP contribution in [0.3, 0.4) is 0 Å². The van der Waals surface area contributed by atoms with Gasteiger partial charge in [-0.1, -0.05) is 6.92 Å². The lowest BCUT2D eigenvalue weighted by molar-refractivity contribution is 0.474. The second kappa shape index (κ2) is 5.81. The van der Waals surface area contributed by atoms with Crippen molar-refractivity contribution in [3.8, 4) is 0 Å². The van der Waals surface area contributed by atoms with Gasteiger partial charge in [-0.15, -0.1) is 11.3 Å². The molecule has 4 N–H and O–H groups in total. The van der Waals surface area contributed by atoms with E-state index in [1.54, 1.807) is 17.5 Å². The fourth-order valence-corrected chi connectivity index (χ4v) is 1.94. The standard InChI is InChI=1S/C10H19N5S/c1-4-5-13-9(15-11)14-10(2,3)8-12-6-7-16-8/h6-7H,4-5,11H2,1-3H3,(H2,13,14,15). The van der Waals surface area contributed by atoms with Crippen LogP contribution in [0.2, 0.25) is 0 Å². The zero-order valence-corrected chi connectivity index (χ0v) is 10.8. The van der Waals surface area contributed by atoms with Crippen molar-refractivity contribution in [1.82, 2.24) is 15.7 Å². The Morgan fingerprint density at radius 1 is 1.62 bits per heavy atom. The molecule has 0 spiro atoms. The van der Waals surface area contributed by atoms with Gasteiger partial charge in [0.2, 0.25) is 5.96 Å². The minimum Gasteiger partial charge on any atom is -0.344 e. The Bertz CT molecular complexity index is 331. The molecular formula is C10H19N5S. The van der Waals surface area contributed by atoms with E-state index in [4.69, 9.17) is 5.84 Å². The van der Waals surface area contributed by atoms with Crippen molar-refractivity contribution < 1.29 is 0 Å². The molecule has 0 atom stereocenters. The Morgan fingerprint density at radius 2 is 2.38 bits per heavy atom. The molecule has 0 aliphatic rings. The molecule has 0 radical (unpaired) electrons. The number of aromatic nitrogens is 1. The van der Waals surface area contributed by atoms with Gasteiger partial charge in [0, 0.05) is 18.1 Å². The van der Waals surface area contributed by atoms with Crippen LogP contribution in [0.5, 0.6) is 0 Å². The van der Waals surface area contributed by atoms with Gasteiger partial charge in [-0.3, -0.25) is 10.4 Å². The highest BCUT2D eigenvalue weighted by molar-refractivity contribution is 7.09. The van der Waals surface area contributed by atoms with Crippen molar-refractivity contribution >= 4 is 17.3 Å². The van der Waals surface area contributed by atoms with E-state index in [9.17, 15) is 0 Å². The molecule has 1 aromatic heterocycles. The number of hydrazine groups is 1. The number of hydrogen-bond donors (Lipinski definition) is 3. The summed E-state index contributed by atoms with van der Waals surface area (Å²) < 4.78 is 0. The van der Waals surface area contributed by atoms with Gasteiger partial charge in [0.15, 0.2) is 0 Å². The van der Waals surface area contributed by atoms with Gasteiger partial charge in [-0.2, -0.15) is 0 Å². The fraction of sp³-hybridized carbons (Fsp3) is 0.600. The summed E-state index contributed by atoms with van der Waals surface area (Å²) in [4.78, 5) is 8.59. The van der Waals surface area contributed by atoms with E-state index in [2.05, 4.69) is 27.6 Å². The number of rotatable bonds is 4. The van der Waals surface area contributed by atoms with E-state index < -0.39 is 0 Å². The minimum atomic E-state index is -0.271. The maximum absolute atomic E-state index is 5.41. The van der Waals surface area contributed by atoms with E-state index >= 15 is 0 Å². The zero-order chi connectivity index (χ0) is 12.0. The van der Waals surface area contributed by atoms with Crippen LogP contribution in [-0.2, 0) is 5.54 Å². The van der Waals surface area contributed by atoms with Crippen LogP contribution in [0.1, 0.15) is 32.2 Å². The largest absolute Gasteiger partial charge is 0.344 e. The third kappa shape index (κ3) is 3.46. The molecule has 0 aliphatic carbocycles. The maximum atomic E-state index is 5.41. The van der Waals surface area contributed by atoms with Crippen molar-refractivity contribution in [1.29, 1.82) is 0 Å². The predicted molar refractivity (Wildman–Crippen MR) is 68.2 cm³/mol. The lowest BCUT2D eigenvalue weighted by atomic mass is 10.1. The summed E-state index contributed by atoms with van der Waals surface area (Å²) in [5.41, 5.74) is 2.30. The summed E-state index contributed by atoms with van der Waals surface area (Å²) in [6.07, 6.45) is 2.78. The number of hydrogen-bond acceptors (Lipinski definition) is 4. The number of nitrogens with zero attached hydrogens (tertiary/aromatic N) is 2. The molecule has 0 aromatic carbocycles. The first-order valence-corrected chi connectivity index (χ1v) is 6.17. The van der Waals surface area contributed by atoms with E-state index in [0.717, 1.165) is 18.0 Å². The quantitative estimate of drug-likeness (QED) is 0.320. The van der Waals surface area contributed by atoms with E-state index in [1.165, 1.54) is 0 Å². The fourth-order valence-electron chi connectivity index (χ4n) is 1.23. The molecule has 0 aliphatic heterocycles. The molecule has 90 valence electrons. The summed E-state index contributed by atoms with van der Waals surface area (Å²) in [5, 5.41) is 6.20. The average Bonchev–Trinajstić information content (AvgIpc) is 2.78. The van der Waals surface area contributed by atoms with Crippen molar-refractivity contribution in [2.45, 2.75) is 32.7 Å². The van der Waals surface area contributed by atoms with Crippen LogP contribution in [0.15, 0.2) is 16.6 Å². The summed E-state index contributed by atoms with van der Waals surface area (Å²) in [7, 11) is 0. The SMILES string of the molecule is CCCN=C(NN)NC(C)(C)c1nccs1. The molecule has 16 heavy (non-hydrogen) atoms. The number of nitrogens with one attached hydrogen (secondary N) is 2. The van der Waals surface area contributed by atoms with Crippen LogP contribution in [0.25, 0.3) is 0 Å². The summed E-state index contributed by atoms with van der Waals surface area (Å²) in [5.74, 6) is 6.01. The van der Waals surface area contributed by atoms with Crippen molar-refractivity contribution in [3.05, 3.63) is 16.6 Å². The van der Waals surface area contributed by atoms with Gasteiger partial charge in [0.05, 0.1) is 5.54 Å². The number of nitrogens with two attached hydrogens (primary N) is 1. The molecule has 1 aromatic rings. The predicted octanol–water partition coefficient (Wildman–Crippen LogP) is 1.20. The second-order valence-corrected chi connectivity index (χ2v) is 4.86. The highest BCUT2D eigenvalue weighted by Gasteiger charge is 2.24. The Morgan fingerprint density at radius 3 is 2.88 bits per heavy atom. The molecule has 5 nitrogen and oxygen atoms in total. The molecule has 6 heteroatoms. The molecule has 1 rings (SSSR count). The topological polar surface area (TPSA) is 75.3 Å². The molecule has 0 saturated heterocycles. The molecule has 0 bridgehead atoms. The Kier molecular flexibility index (Phi) is 4.70. The molecule has 0 unspecified atom stereocenters. The number of guanidine groups is 1. The maximum Gasteiger partial charge on any atom is 0.206 e. The van der Waals surface area contributed by atoms with Crippen LogP contribution < -0.4 is 16.6 Å². The number of thiazole rings is 1. The summed E-state index contributed by atoms with van der Waals surface area (Å²) in [6, 6.07) is 0. The van der Waals surface area contributed by atoms with Gasteiger partial charge in [-0.25, -0.2) is 10.8 Å². The Labute approximate surface area is 100 Å². The molecule has 0 fully saturated rings. The van der Waals surface area contributed by atoms with Gasteiger partial charge >= 0.3 is 0 Å². The van der Waals surface area contributed by atoms with E-state index in [0.29, 0.717) is 5.96 Å². The Balaban J connectivity index is 2.70. The minimum absolute atomic E-state index is 0.271. The molecule has 0 amide bonds. The third-order valence-electron chi connectivity index (χ3n) is 2.03. The first-order valence-electron chi connectivity index (χ1n) is 5.29. The van der Waals surface area contributed by atoms with Crippen LogP contribution in [0.4, 0.5) is 0 Å². The molecule has 0 saturated carbocycles. The van der Waals surface area contributed by atoms with Gasteiger partial charge < -0.3 is 5.32 Å². The molecular weight excluding hydrogens is 222 g/mol. The first kappa shape index (κ1) is 12.9. The first-order chi connectivity index (χ1) is 7.60. The summed E-state index contributed by atoms with van der Waals surface area (Å²) >= 11 is 1.61. The summed E-state index contributed by atoms with van der Waals surface area (Å²) in [6.45, 7) is 6.92. The monoisotopic (exact) mass is 241 g/mol. The van der Waals surface area contributed by atoms with Crippen molar-refractivity contribution in [3.63, 3.8) is 0 Å².